The highest BCUT2D eigenvalue weighted by molar-refractivity contribution is 5.93. The number of carboxylic acid groups (broad SMARTS) is 1. The van der Waals surface area contributed by atoms with Gasteiger partial charge in [-0.1, -0.05) is 0 Å². The minimum atomic E-state index is -0.950. The van der Waals surface area contributed by atoms with Gasteiger partial charge in [0.05, 0.1) is 0 Å². The van der Waals surface area contributed by atoms with Gasteiger partial charge in [0.1, 0.15) is 23.1 Å². The van der Waals surface area contributed by atoms with E-state index < -0.39 is 12.1 Å². The largest absolute Gasteiger partial charge is 0.479 e. The fourth-order valence-corrected chi connectivity index (χ4v) is 2.86. The maximum Gasteiger partial charge on any atom is 0.344 e. The summed E-state index contributed by atoms with van der Waals surface area (Å²) in [6, 6.07) is 8.68. The topological polar surface area (TPSA) is 97.8 Å². The minimum Gasteiger partial charge on any atom is -0.479 e. The van der Waals surface area contributed by atoms with Crippen LogP contribution in [0.2, 0.25) is 0 Å². The van der Waals surface area contributed by atoms with Gasteiger partial charge in [0.25, 0.3) is 0 Å². The lowest BCUT2D eigenvalue weighted by Crippen LogP contribution is -2.30. The molecular formula is C19H18N2O5. The number of aromatic nitrogens is 1. The van der Waals surface area contributed by atoms with Crippen LogP contribution in [-0.4, -0.2) is 28.1 Å². The summed E-state index contributed by atoms with van der Waals surface area (Å²) >= 11 is 0. The van der Waals surface area contributed by atoms with Crippen LogP contribution in [-0.2, 0) is 16.0 Å². The first-order valence-corrected chi connectivity index (χ1v) is 8.55. The molecule has 1 saturated carbocycles. The zero-order chi connectivity index (χ0) is 18.1. The molecule has 1 aromatic heterocycles. The maximum absolute atomic E-state index is 11.8. The molecular weight excluding hydrogens is 336 g/mol. The molecule has 2 heterocycles. The SMILES string of the molecule is O=C(Nc1cc(Oc2ccc3c(c2)CCC(C(=O)O)O3)ccn1)C1CC1. The summed E-state index contributed by atoms with van der Waals surface area (Å²) < 4.78 is 11.3. The van der Waals surface area contributed by atoms with Crippen LogP contribution in [0.3, 0.4) is 0 Å². The number of benzene rings is 1. The lowest BCUT2D eigenvalue weighted by Gasteiger charge is -2.23. The molecule has 26 heavy (non-hydrogen) atoms. The third-order valence-corrected chi connectivity index (χ3v) is 4.42. The van der Waals surface area contributed by atoms with Crippen molar-refractivity contribution in [2.75, 3.05) is 5.32 Å². The number of nitrogens with one attached hydrogen (secondary N) is 1. The van der Waals surface area contributed by atoms with Crippen LogP contribution >= 0.6 is 0 Å². The van der Waals surface area contributed by atoms with E-state index in [4.69, 9.17) is 14.6 Å². The molecule has 1 unspecified atom stereocenters. The molecule has 1 aliphatic carbocycles. The Morgan fingerprint density at radius 2 is 1.96 bits per heavy atom. The Labute approximate surface area is 150 Å². The molecule has 134 valence electrons. The Kier molecular flexibility index (Phi) is 4.20. The van der Waals surface area contributed by atoms with Crippen LogP contribution in [0.5, 0.6) is 17.2 Å². The van der Waals surface area contributed by atoms with Crippen molar-refractivity contribution in [1.29, 1.82) is 0 Å². The van der Waals surface area contributed by atoms with E-state index in [2.05, 4.69) is 10.3 Å². The number of anilines is 1. The van der Waals surface area contributed by atoms with Crippen LogP contribution in [0.15, 0.2) is 36.5 Å². The van der Waals surface area contributed by atoms with E-state index in [9.17, 15) is 9.59 Å². The van der Waals surface area contributed by atoms with Crippen molar-refractivity contribution in [3.8, 4) is 17.2 Å². The molecule has 1 amide bonds. The quantitative estimate of drug-likeness (QED) is 0.857. The van der Waals surface area contributed by atoms with Gasteiger partial charge in [-0.2, -0.15) is 0 Å². The van der Waals surface area contributed by atoms with Gasteiger partial charge in [-0.05, 0) is 55.5 Å². The van der Waals surface area contributed by atoms with Crippen LogP contribution in [0, 0.1) is 5.92 Å². The number of carbonyl (C=O) groups excluding carboxylic acids is 1. The molecule has 1 aromatic carbocycles. The molecule has 0 bridgehead atoms. The second kappa shape index (κ2) is 6.67. The zero-order valence-corrected chi connectivity index (χ0v) is 14.0. The molecule has 2 aliphatic rings. The molecule has 7 heteroatoms. The van der Waals surface area contributed by atoms with Crippen molar-refractivity contribution in [3.05, 3.63) is 42.1 Å². The second-order valence-corrected chi connectivity index (χ2v) is 6.50. The van der Waals surface area contributed by atoms with E-state index in [0.717, 1.165) is 18.4 Å². The highest BCUT2D eigenvalue weighted by Gasteiger charge is 2.30. The molecule has 1 aliphatic heterocycles. The number of carboxylic acids is 1. The molecule has 1 fully saturated rings. The maximum atomic E-state index is 11.8. The first kappa shape index (κ1) is 16.4. The van der Waals surface area contributed by atoms with Gasteiger partial charge in [0.2, 0.25) is 5.91 Å². The number of nitrogens with zero attached hydrogens (tertiary/aromatic N) is 1. The van der Waals surface area contributed by atoms with Gasteiger partial charge in [-0.25, -0.2) is 9.78 Å². The van der Waals surface area contributed by atoms with Crippen molar-refractivity contribution in [2.24, 2.45) is 5.92 Å². The number of hydrogen-bond donors (Lipinski definition) is 2. The van der Waals surface area contributed by atoms with Gasteiger partial charge < -0.3 is 19.9 Å². The van der Waals surface area contributed by atoms with Crippen LogP contribution in [0.1, 0.15) is 24.8 Å². The summed E-state index contributed by atoms with van der Waals surface area (Å²) in [7, 11) is 0. The Hall–Kier alpha value is -3.09. The summed E-state index contributed by atoms with van der Waals surface area (Å²) in [6.07, 6.45) is 3.69. The third kappa shape index (κ3) is 3.61. The summed E-state index contributed by atoms with van der Waals surface area (Å²) in [4.78, 5) is 27.0. The van der Waals surface area contributed by atoms with Gasteiger partial charge in [-0.3, -0.25) is 4.79 Å². The lowest BCUT2D eigenvalue weighted by atomic mass is 10.0. The van der Waals surface area contributed by atoms with Crippen LogP contribution in [0.25, 0.3) is 0 Å². The number of ether oxygens (including phenoxy) is 2. The molecule has 0 radical (unpaired) electrons. The average Bonchev–Trinajstić information content (AvgIpc) is 3.46. The van der Waals surface area contributed by atoms with Gasteiger partial charge in [0.15, 0.2) is 6.10 Å². The smallest absolute Gasteiger partial charge is 0.344 e. The Bertz CT molecular complexity index is 863. The number of aliphatic carboxylic acids is 1. The molecule has 2 N–H and O–H groups in total. The second-order valence-electron chi connectivity index (χ2n) is 6.50. The number of amides is 1. The van der Waals surface area contributed by atoms with E-state index in [1.807, 2.05) is 6.07 Å². The first-order valence-electron chi connectivity index (χ1n) is 8.55. The monoisotopic (exact) mass is 354 g/mol. The van der Waals surface area contributed by atoms with E-state index >= 15 is 0 Å². The van der Waals surface area contributed by atoms with Crippen LogP contribution < -0.4 is 14.8 Å². The summed E-state index contributed by atoms with van der Waals surface area (Å²) in [5, 5.41) is 11.8. The van der Waals surface area contributed by atoms with E-state index in [1.165, 1.54) is 0 Å². The third-order valence-electron chi connectivity index (χ3n) is 4.42. The molecule has 1 atom stereocenters. The predicted molar refractivity (Wildman–Crippen MR) is 92.5 cm³/mol. The minimum absolute atomic E-state index is 0.00596. The Morgan fingerprint density at radius 1 is 1.15 bits per heavy atom. The summed E-state index contributed by atoms with van der Waals surface area (Å²) in [5.74, 6) is 1.37. The summed E-state index contributed by atoms with van der Waals surface area (Å²) in [5.41, 5.74) is 0.913. The van der Waals surface area contributed by atoms with E-state index in [-0.39, 0.29) is 11.8 Å². The number of rotatable bonds is 5. The highest BCUT2D eigenvalue weighted by Crippen LogP contribution is 2.33. The fourth-order valence-electron chi connectivity index (χ4n) is 2.86. The normalized spacial score (nSPS) is 18.4. The number of hydrogen-bond acceptors (Lipinski definition) is 5. The van der Waals surface area contributed by atoms with Crippen LogP contribution in [0.4, 0.5) is 5.82 Å². The lowest BCUT2D eigenvalue weighted by molar-refractivity contribution is -0.145. The molecule has 4 rings (SSSR count). The summed E-state index contributed by atoms with van der Waals surface area (Å²) in [6.45, 7) is 0. The van der Waals surface area contributed by atoms with Gasteiger partial charge in [-0.15, -0.1) is 0 Å². The predicted octanol–water partition coefficient (Wildman–Crippen LogP) is 3.00. The number of aryl methyl sites for hydroxylation is 1. The van der Waals surface area contributed by atoms with Crippen molar-refractivity contribution >= 4 is 17.7 Å². The average molecular weight is 354 g/mol. The highest BCUT2D eigenvalue weighted by atomic mass is 16.5. The number of carbonyl (C=O) groups is 2. The van der Waals surface area contributed by atoms with Crippen molar-refractivity contribution < 1.29 is 24.2 Å². The van der Waals surface area contributed by atoms with Crippen molar-refractivity contribution in [3.63, 3.8) is 0 Å². The molecule has 2 aromatic rings. The van der Waals surface area contributed by atoms with Gasteiger partial charge >= 0.3 is 5.97 Å². The van der Waals surface area contributed by atoms with Gasteiger partial charge in [0, 0.05) is 18.2 Å². The van der Waals surface area contributed by atoms with E-state index in [1.54, 1.807) is 30.5 Å². The number of pyridine rings is 1. The molecule has 0 saturated heterocycles. The molecule has 7 nitrogen and oxygen atoms in total. The Balaban J connectivity index is 1.46. The fraction of sp³-hybridized carbons (Fsp3) is 0.316. The first-order chi connectivity index (χ1) is 12.6. The standard InChI is InChI=1S/C19H18N2O5/c22-18(11-1-2-11)21-17-10-14(7-8-20-17)25-13-4-6-15-12(9-13)3-5-16(26-15)19(23)24/h4,6-11,16H,1-3,5H2,(H,23,24)(H,20,21,22). The number of fused-ring (bicyclic) bond motifs is 1. The Morgan fingerprint density at radius 3 is 2.73 bits per heavy atom. The molecule has 0 spiro atoms. The zero-order valence-electron chi connectivity index (χ0n) is 14.0. The van der Waals surface area contributed by atoms with Crippen molar-refractivity contribution in [2.45, 2.75) is 31.8 Å². The van der Waals surface area contributed by atoms with Crippen molar-refractivity contribution in [1.82, 2.24) is 4.98 Å². The van der Waals surface area contributed by atoms with E-state index in [0.29, 0.717) is 35.9 Å².